The Morgan fingerprint density at radius 1 is 1.64 bits per heavy atom. The number of ether oxygens (including phenoxy) is 1. The average Bonchev–Trinajstić information content (AvgIpc) is 1.85. The second-order valence-electron chi connectivity index (χ2n) is 2.69. The molecule has 66 valence electrons. The molecule has 4 nitrogen and oxygen atoms in total. The number of carbonyl (C=O) groups excluding carboxylic acids is 1. The summed E-state index contributed by atoms with van der Waals surface area (Å²) in [6.45, 7) is 3.35. The molecule has 11 heavy (non-hydrogen) atoms. The molecule has 0 aliphatic heterocycles. The number of esters is 1. The molecule has 0 saturated heterocycles. The van der Waals surface area contributed by atoms with Crippen LogP contribution in [0.2, 0.25) is 0 Å². The van der Waals surface area contributed by atoms with Gasteiger partial charge in [0.2, 0.25) is 0 Å². The first-order chi connectivity index (χ1) is 5.06. The molecule has 0 radical (unpaired) electrons. The molecule has 0 amide bonds. The van der Waals surface area contributed by atoms with E-state index in [1.807, 2.05) is 0 Å². The summed E-state index contributed by atoms with van der Waals surface area (Å²) in [5.74, 6) is -0.360. The summed E-state index contributed by atoms with van der Waals surface area (Å²) < 4.78 is 4.79. The molecule has 4 heteroatoms. The maximum absolute atomic E-state index is 10.8. The Morgan fingerprint density at radius 2 is 2.18 bits per heavy atom. The number of carbonyl (C=O) groups is 1. The second kappa shape index (κ2) is 5.09. The fourth-order valence-electron chi connectivity index (χ4n) is 0.590. The third kappa shape index (κ3) is 5.82. The third-order valence-corrected chi connectivity index (χ3v) is 1.03. The minimum Gasteiger partial charge on any atom is -0.463 e. The number of rotatable bonds is 4. The van der Waals surface area contributed by atoms with Gasteiger partial charge in [-0.15, -0.1) is 0 Å². The van der Waals surface area contributed by atoms with Crippen molar-refractivity contribution in [2.75, 3.05) is 6.61 Å². The zero-order valence-corrected chi connectivity index (χ0v) is 6.91. The molecule has 0 aliphatic rings. The van der Waals surface area contributed by atoms with Crippen LogP contribution in [0.4, 0.5) is 0 Å². The minimum atomic E-state index is -0.499. The molecule has 0 aromatic heterocycles. The quantitative estimate of drug-likeness (QED) is 0.553. The monoisotopic (exact) mass is 161 g/mol. The van der Waals surface area contributed by atoms with Crippen LogP contribution in [0.1, 0.15) is 20.3 Å². The topological polar surface area (TPSA) is 72.5 Å². The van der Waals surface area contributed by atoms with Gasteiger partial charge in [-0.25, -0.2) is 0 Å². The van der Waals surface area contributed by atoms with Gasteiger partial charge in [0.25, 0.3) is 0 Å². The highest BCUT2D eigenvalue weighted by atomic mass is 16.5. The maximum atomic E-state index is 10.8. The summed E-state index contributed by atoms with van der Waals surface area (Å²) >= 11 is 0. The standard InChI is InChI=1S/C7H15NO3/c1-5(2)11-7(10)3-6(8)4-9/h5-6,9H,3-4,8H2,1-2H3/t6-/m0/s1. The van der Waals surface area contributed by atoms with Crippen LogP contribution < -0.4 is 5.73 Å². The third-order valence-electron chi connectivity index (χ3n) is 1.03. The lowest BCUT2D eigenvalue weighted by Gasteiger charge is -2.10. The van der Waals surface area contributed by atoms with Crippen molar-refractivity contribution < 1.29 is 14.6 Å². The zero-order valence-electron chi connectivity index (χ0n) is 6.91. The van der Waals surface area contributed by atoms with E-state index in [-0.39, 0.29) is 25.1 Å². The van der Waals surface area contributed by atoms with Crippen LogP contribution in [0.15, 0.2) is 0 Å². The molecular formula is C7H15NO3. The van der Waals surface area contributed by atoms with Gasteiger partial charge in [-0.1, -0.05) is 0 Å². The van der Waals surface area contributed by atoms with Gasteiger partial charge < -0.3 is 15.6 Å². The lowest BCUT2D eigenvalue weighted by molar-refractivity contribution is -0.148. The van der Waals surface area contributed by atoms with E-state index in [1.165, 1.54) is 0 Å². The first-order valence-electron chi connectivity index (χ1n) is 3.62. The van der Waals surface area contributed by atoms with Crippen molar-refractivity contribution in [2.24, 2.45) is 5.73 Å². The maximum Gasteiger partial charge on any atom is 0.307 e. The van der Waals surface area contributed by atoms with Crippen molar-refractivity contribution in [2.45, 2.75) is 32.4 Å². The molecule has 0 aromatic rings. The molecule has 0 bridgehead atoms. The number of hydrogen-bond donors (Lipinski definition) is 2. The Kier molecular flexibility index (Phi) is 4.81. The lowest BCUT2D eigenvalue weighted by atomic mass is 10.2. The Bertz CT molecular complexity index is 125. The van der Waals surface area contributed by atoms with E-state index in [1.54, 1.807) is 13.8 Å². The van der Waals surface area contributed by atoms with Gasteiger partial charge >= 0.3 is 5.97 Å². The van der Waals surface area contributed by atoms with Gasteiger partial charge in [0, 0.05) is 6.04 Å². The molecule has 1 atom stereocenters. The van der Waals surface area contributed by atoms with Gasteiger partial charge in [0.15, 0.2) is 0 Å². The van der Waals surface area contributed by atoms with Crippen LogP contribution in [0.25, 0.3) is 0 Å². The van der Waals surface area contributed by atoms with Gasteiger partial charge in [0.05, 0.1) is 19.1 Å². The Morgan fingerprint density at radius 3 is 2.55 bits per heavy atom. The SMILES string of the molecule is CC(C)OC(=O)C[C@H](N)CO. The Balaban J connectivity index is 3.52. The summed E-state index contributed by atoms with van der Waals surface area (Å²) in [5.41, 5.74) is 5.30. The van der Waals surface area contributed by atoms with Crippen molar-refractivity contribution in [3.8, 4) is 0 Å². The normalized spacial score (nSPS) is 13.2. The predicted molar refractivity (Wildman–Crippen MR) is 40.9 cm³/mol. The summed E-state index contributed by atoms with van der Waals surface area (Å²) in [7, 11) is 0. The molecule has 0 unspecified atom stereocenters. The van der Waals surface area contributed by atoms with Gasteiger partial charge in [-0.3, -0.25) is 4.79 Å². The van der Waals surface area contributed by atoms with Gasteiger partial charge in [-0.2, -0.15) is 0 Å². The first kappa shape index (κ1) is 10.4. The smallest absolute Gasteiger partial charge is 0.307 e. The van der Waals surface area contributed by atoms with E-state index < -0.39 is 6.04 Å². The first-order valence-corrected chi connectivity index (χ1v) is 3.62. The van der Waals surface area contributed by atoms with E-state index in [4.69, 9.17) is 15.6 Å². The van der Waals surface area contributed by atoms with Crippen molar-refractivity contribution in [3.63, 3.8) is 0 Å². The minimum absolute atomic E-state index is 0.0781. The second-order valence-corrected chi connectivity index (χ2v) is 2.69. The molecule has 0 aliphatic carbocycles. The average molecular weight is 161 g/mol. The molecule has 0 fully saturated rings. The fraction of sp³-hybridized carbons (Fsp3) is 0.857. The van der Waals surface area contributed by atoms with Crippen LogP contribution in [0, 0.1) is 0 Å². The molecule has 0 aromatic carbocycles. The number of hydrogen-bond acceptors (Lipinski definition) is 4. The Hall–Kier alpha value is -0.610. The van der Waals surface area contributed by atoms with E-state index in [2.05, 4.69) is 0 Å². The van der Waals surface area contributed by atoms with Crippen LogP contribution >= 0.6 is 0 Å². The number of nitrogens with two attached hydrogens (primary N) is 1. The van der Waals surface area contributed by atoms with Crippen molar-refractivity contribution in [1.82, 2.24) is 0 Å². The van der Waals surface area contributed by atoms with Crippen LogP contribution in [0.5, 0.6) is 0 Å². The summed E-state index contributed by atoms with van der Waals surface area (Å²) in [6.07, 6.45) is -0.0392. The molecule has 0 rings (SSSR count). The van der Waals surface area contributed by atoms with Gasteiger partial charge in [-0.05, 0) is 13.8 Å². The molecule has 0 spiro atoms. The highest BCUT2D eigenvalue weighted by molar-refractivity contribution is 5.70. The summed E-state index contributed by atoms with van der Waals surface area (Å²) in [5, 5.41) is 8.49. The highest BCUT2D eigenvalue weighted by Crippen LogP contribution is 1.95. The van der Waals surface area contributed by atoms with Crippen molar-refractivity contribution in [1.29, 1.82) is 0 Å². The Labute approximate surface area is 66.3 Å². The lowest BCUT2D eigenvalue weighted by Crippen LogP contribution is -2.29. The molecule has 0 heterocycles. The van der Waals surface area contributed by atoms with Crippen LogP contribution in [-0.4, -0.2) is 29.8 Å². The molecular weight excluding hydrogens is 146 g/mol. The van der Waals surface area contributed by atoms with E-state index >= 15 is 0 Å². The van der Waals surface area contributed by atoms with E-state index in [0.717, 1.165) is 0 Å². The molecule has 3 N–H and O–H groups in total. The van der Waals surface area contributed by atoms with E-state index in [0.29, 0.717) is 0 Å². The van der Waals surface area contributed by atoms with Gasteiger partial charge in [0.1, 0.15) is 0 Å². The summed E-state index contributed by atoms with van der Waals surface area (Å²) in [6, 6.07) is -0.499. The van der Waals surface area contributed by atoms with E-state index in [9.17, 15) is 4.79 Å². The fourth-order valence-corrected chi connectivity index (χ4v) is 0.590. The zero-order chi connectivity index (χ0) is 8.85. The number of aliphatic hydroxyl groups excluding tert-OH is 1. The number of aliphatic hydroxyl groups is 1. The van der Waals surface area contributed by atoms with Crippen LogP contribution in [0.3, 0.4) is 0 Å². The van der Waals surface area contributed by atoms with Crippen molar-refractivity contribution >= 4 is 5.97 Å². The largest absolute Gasteiger partial charge is 0.463 e. The highest BCUT2D eigenvalue weighted by Gasteiger charge is 2.10. The van der Waals surface area contributed by atoms with Crippen molar-refractivity contribution in [3.05, 3.63) is 0 Å². The summed E-state index contributed by atoms with van der Waals surface area (Å²) in [4.78, 5) is 10.8. The predicted octanol–water partition coefficient (Wildman–Crippen LogP) is -0.352. The molecule has 0 saturated carbocycles. The van der Waals surface area contributed by atoms with Crippen LogP contribution in [-0.2, 0) is 9.53 Å².